The highest BCUT2D eigenvalue weighted by Gasteiger charge is 2.13. The molecule has 0 fully saturated rings. The standard InChI is InChI=1S/C17H9N5OS/c23-16-14-15(21-17(24)22-16)20-13-10-6-3-7-18-11(10)8-4-1-2-5-9(8)12(13)19-14/h1-7,18H,(H,22,23,24). The van der Waals surface area contributed by atoms with Crippen molar-refractivity contribution in [3.63, 3.8) is 0 Å². The van der Waals surface area contributed by atoms with Gasteiger partial charge in [-0.3, -0.25) is 9.78 Å². The Morgan fingerprint density at radius 1 is 0.833 bits per heavy atom. The molecule has 0 radical (unpaired) electrons. The molecule has 0 spiro atoms. The molecule has 0 aliphatic carbocycles. The van der Waals surface area contributed by atoms with E-state index >= 15 is 0 Å². The number of aromatic amines is 2. The minimum atomic E-state index is -0.372. The highest BCUT2D eigenvalue weighted by Crippen LogP contribution is 2.31. The number of hydrogen-bond donors (Lipinski definition) is 2. The summed E-state index contributed by atoms with van der Waals surface area (Å²) in [5.74, 6) is 0. The highest BCUT2D eigenvalue weighted by atomic mass is 32.1. The van der Waals surface area contributed by atoms with Crippen molar-refractivity contribution in [2.24, 2.45) is 0 Å². The Balaban J connectivity index is 2.18. The van der Waals surface area contributed by atoms with Crippen LogP contribution in [-0.2, 0) is 0 Å². The maximum Gasteiger partial charge on any atom is 0.280 e. The van der Waals surface area contributed by atoms with Gasteiger partial charge in [0.25, 0.3) is 5.56 Å². The first-order valence-corrected chi connectivity index (χ1v) is 7.73. The molecule has 0 saturated heterocycles. The topological polar surface area (TPSA) is 87.3 Å². The highest BCUT2D eigenvalue weighted by molar-refractivity contribution is 7.71. The molecule has 0 bridgehead atoms. The summed E-state index contributed by atoms with van der Waals surface area (Å²) < 4.78 is 0.109. The number of benzene rings is 2. The van der Waals surface area contributed by atoms with E-state index in [1.807, 2.05) is 42.6 Å². The molecule has 0 atom stereocenters. The molecule has 5 rings (SSSR count). The normalized spacial score (nSPS) is 11.7. The molecular formula is C17H9N5OS. The van der Waals surface area contributed by atoms with Crippen molar-refractivity contribution in [2.75, 3.05) is 0 Å². The van der Waals surface area contributed by atoms with Crippen LogP contribution in [0, 0.1) is 4.77 Å². The van der Waals surface area contributed by atoms with E-state index in [0.717, 1.165) is 21.7 Å². The fraction of sp³-hybridized carbons (Fsp3) is 0. The van der Waals surface area contributed by atoms with Gasteiger partial charge < -0.3 is 4.98 Å². The van der Waals surface area contributed by atoms with E-state index in [4.69, 9.17) is 12.2 Å². The molecule has 114 valence electrons. The Hall–Kier alpha value is -3.19. The average molecular weight is 331 g/mol. The second kappa shape index (κ2) is 4.65. The molecule has 7 heteroatoms. The lowest BCUT2D eigenvalue weighted by atomic mass is 10.0. The monoisotopic (exact) mass is 331 g/mol. The summed E-state index contributed by atoms with van der Waals surface area (Å²) in [6.07, 6.45) is 1.87. The summed E-state index contributed by atoms with van der Waals surface area (Å²) in [6, 6.07) is 11.8. The number of pyridine rings is 1. The molecule has 5 aromatic rings. The second-order valence-corrected chi connectivity index (χ2v) is 5.86. The van der Waals surface area contributed by atoms with Gasteiger partial charge in [0.05, 0.1) is 11.0 Å². The van der Waals surface area contributed by atoms with Crippen molar-refractivity contribution >= 4 is 56.1 Å². The van der Waals surface area contributed by atoms with Gasteiger partial charge in [0.1, 0.15) is 5.52 Å². The maximum atomic E-state index is 12.2. The number of aromatic nitrogens is 5. The van der Waals surface area contributed by atoms with Crippen LogP contribution in [0.1, 0.15) is 0 Å². The van der Waals surface area contributed by atoms with E-state index in [2.05, 4.69) is 24.9 Å². The predicted octanol–water partition coefficient (Wildman–Crippen LogP) is 3.23. The number of hydrogen-bond acceptors (Lipinski definition) is 5. The van der Waals surface area contributed by atoms with Crippen LogP contribution in [-0.4, -0.2) is 24.9 Å². The van der Waals surface area contributed by atoms with Crippen molar-refractivity contribution in [2.45, 2.75) is 0 Å². The smallest absolute Gasteiger partial charge is 0.280 e. The summed E-state index contributed by atoms with van der Waals surface area (Å²) in [5.41, 5.74) is 2.42. The van der Waals surface area contributed by atoms with Crippen LogP contribution >= 0.6 is 12.2 Å². The van der Waals surface area contributed by atoms with Crippen LogP contribution in [0.5, 0.6) is 0 Å². The number of fused-ring (bicyclic) bond motifs is 7. The lowest BCUT2D eigenvalue weighted by Gasteiger charge is -2.09. The Bertz CT molecular complexity index is 1400. The first-order chi connectivity index (χ1) is 11.7. The molecule has 0 amide bonds. The Morgan fingerprint density at radius 3 is 2.46 bits per heavy atom. The summed E-state index contributed by atoms with van der Waals surface area (Å²) >= 11 is 4.98. The Labute approximate surface area is 139 Å². The van der Waals surface area contributed by atoms with Crippen LogP contribution in [0.4, 0.5) is 0 Å². The summed E-state index contributed by atoms with van der Waals surface area (Å²) in [5, 5.41) is 2.88. The minimum Gasteiger partial charge on any atom is -0.361 e. The molecule has 3 heterocycles. The summed E-state index contributed by atoms with van der Waals surface area (Å²) in [6.45, 7) is 0. The van der Waals surface area contributed by atoms with E-state index in [1.165, 1.54) is 0 Å². The van der Waals surface area contributed by atoms with Crippen LogP contribution in [0.3, 0.4) is 0 Å². The zero-order valence-electron chi connectivity index (χ0n) is 12.2. The molecular weight excluding hydrogens is 322 g/mol. The quantitative estimate of drug-likeness (QED) is 0.258. The SMILES string of the molecule is O=c1[nH]c(=S)nc2nc3c4ccc[nH]c4c4ccccc4c3nc12. The molecule has 0 aliphatic heterocycles. The zero-order chi connectivity index (χ0) is 16.3. The van der Waals surface area contributed by atoms with Crippen molar-refractivity contribution in [3.8, 4) is 0 Å². The largest absolute Gasteiger partial charge is 0.361 e. The number of nitrogens with zero attached hydrogens (tertiary/aromatic N) is 3. The van der Waals surface area contributed by atoms with Crippen molar-refractivity contribution < 1.29 is 0 Å². The van der Waals surface area contributed by atoms with E-state index in [9.17, 15) is 4.79 Å². The summed E-state index contributed by atoms with van der Waals surface area (Å²) in [7, 11) is 0. The van der Waals surface area contributed by atoms with Crippen molar-refractivity contribution in [1.82, 2.24) is 24.9 Å². The van der Waals surface area contributed by atoms with Gasteiger partial charge in [-0.15, -0.1) is 0 Å². The molecule has 3 aromatic heterocycles. The van der Waals surface area contributed by atoms with Gasteiger partial charge in [0.2, 0.25) is 4.77 Å². The summed E-state index contributed by atoms with van der Waals surface area (Å²) in [4.78, 5) is 31.3. The predicted molar refractivity (Wildman–Crippen MR) is 95.7 cm³/mol. The Morgan fingerprint density at radius 2 is 1.58 bits per heavy atom. The second-order valence-electron chi connectivity index (χ2n) is 5.47. The first-order valence-electron chi connectivity index (χ1n) is 7.32. The fourth-order valence-corrected chi connectivity index (χ4v) is 3.26. The van der Waals surface area contributed by atoms with Crippen molar-refractivity contribution in [3.05, 3.63) is 57.7 Å². The molecule has 2 N–H and O–H groups in total. The fourth-order valence-electron chi connectivity index (χ4n) is 3.08. The van der Waals surface area contributed by atoms with Gasteiger partial charge in [0.15, 0.2) is 11.2 Å². The van der Waals surface area contributed by atoms with E-state index < -0.39 is 0 Å². The van der Waals surface area contributed by atoms with Gasteiger partial charge in [-0.05, 0) is 24.4 Å². The van der Waals surface area contributed by atoms with Gasteiger partial charge in [-0.25, -0.2) is 9.97 Å². The molecule has 0 unspecified atom stereocenters. The average Bonchev–Trinajstić information content (AvgIpc) is 2.61. The van der Waals surface area contributed by atoms with Crippen LogP contribution in [0.2, 0.25) is 0 Å². The number of rotatable bonds is 0. The van der Waals surface area contributed by atoms with Crippen LogP contribution in [0.25, 0.3) is 43.9 Å². The minimum absolute atomic E-state index is 0.109. The first kappa shape index (κ1) is 13.3. The van der Waals surface area contributed by atoms with E-state index in [1.54, 1.807) is 0 Å². The lowest BCUT2D eigenvalue weighted by Crippen LogP contribution is -2.11. The lowest BCUT2D eigenvalue weighted by molar-refractivity contribution is 1.10. The molecule has 24 heavy (non-hydrogen) atoms. The van der Waals surface area contributed by atoms with Crippen LogP contribution in [0.15, 0.2) is 47.4 Å². The van der Waals surface area contributed by atoms with Gasteiger partial charge in [-0.1, -0.05) is 24.3 Å². The van der Waals surface area contributed by atoms with Gasteiger partial charge in [-0.2, -0.15) is 4.98 Å². The van der Waals surface area contributed by atoms with Crippen molar-refractivity contribution in [1.29, 1.82) is 0 Å². The molecule has 0 saturated carbocycles. The maximum absolute atomic E-state index is 12.2. The van der Waals surface area contributed by atoms with E-state index in [0.29, 0.717) is 11.0 Å². The third-order valence-corrected chi connectivity index (χ3v) is 4.28. The zero-order valence-corrected chi connectivity index (χ0v) is 13.0. The molecule has 0 aliphatic rings. The Kier molecular flexibility index (Phi) is 2.57. The number of nitrogens with one attached hydrogen (secondary N) is 2. The third-order valence-electron chi connectivity index (χ3n) is 4.08. The van der Waals surface area contributed by atoms with E-state index in [-0.39, 0.29) is 21.5 Å². The molecule has 6 nitrogen and oxygen atoms in total. The molecule has 2 aromatic carbocycles. The van der Waals surface area contributed by atoms with Gasteiger partial charge in [0, 0.05) is 22.4 Å². The van der Waals surface area contributed by atoms with Gasteiger partial charge >= 0.3 is 0 Å². The number of H-pyrrole nitrogens is 2. The third kappa shape index (κ3) is 1.73. The van der Waals surface area contributed by atoms with Crippen LogP contribution < -0.4 is 5.56 Å².